The first kappa shape index (κ1) is 15.8. The summed E-state index contributed by atoms with van der Waals surface area (Å²) in [6, 6.07) is 9.17. The number of rotatable bonds is 5. The molecule has 1 aliphatic rings. The first-order valence-electron chi connectivity index (χ1n) is 6.67. The Kier molecular flexibility index (Phi) is 5.19. The summed E-state index contributed by atoms with van der Waals surface area (Å²) in [4.78, 5) is 13.9. The number of carbonyl (C=O) groups excluding carboxylic acids is 1. The van der Waals surface area contributed by atoms with Crippen molar-refractivity contribution in [3.05, 3.63) is 35.9 Å². The predicted octanol–water partition coefficient (Wildman–Crippen LogP) is 2.04. The molecule has 1 aliphatic heterocycles. The Morgan fingerprint density at radius 3 is 2.29 bits per heavy atom. The van der Waals surface area contributed by atoms with Crippen LogP contribution in [0, 0.1) is 0 Å². The lowest BCUT2D eigenvalue weighted by atomic mass is 10.1. The zero-order chi connectivity index (χ0) is 15.3. The molecule has 0 spiro atoms. The van der Waals surface area contributed by atoms with E-state index >= 15 is 0 Å². The fourth-order valence-corrected chi connectivity index (χ4v) is 2.46. The van der Waals surface area contributed by atoms with Crippen molar-refractivity contribution >= 4 is 6.47 Å². The van der Waals surface area contributed by atoms with Crippen molar-refractivity contribution in [3.8, 4) is 0 Å². The summed E-state index contributed by atoms with van der Waals surface area (Å²) in [6.45, 7) is 0.911. The lowest BCUT2D eigenvalue weighted by Crippen LogP contribution is -2.50. The molecule has 1 unspecified atom stereocenters. The summed E-state index contributed by atoms with van der Waals surface area (Å²) in [7, 11) is 0. The topological polar surface area (TPSA) is 32.8 Å². The smallest absolute Gasteiger partial charge is 0.401 e. The first-order valence-corrected chi connectivity index (χ1v) is 6.67. The maximum absolute atomic E-state index is 12.4. The molecule has 1 fully saturated rings. The fraction of sp³-hybridized carbons (Fsp3) is 0.500. The van der Waals surface area contributed by atoms with Crippen molar-refractivity contribution in [2.45, 2.75) is 12.4 Å². The minimum Gasteiger partial charge on any atom is -0.444 e. The van der Waals surface area contributed by atoms with Gasteiger partial charge in [0.2, 0.25) is 0 Å². The molecule has 2 rings (SSSR count). The number of ether oxygens (including phenoxy) is 1. The number of halogens is 3. The molecule has 4 nitrogen and oxygen atoms in total. The van der Waals surface area contributed by atoms with Crippen LogP contribution < -0.4 is 0 Å². The molecule has 21 heavy (non-hydrogen) atoms. The number of nitrogens with zero attached hydrogens (tertiary/aromatic N) is 2. The molecule has 0 N–H and O–H groups in total. The minimum absolute atomic E-state index is 0.297. The van der Waals surface area contributed by atoms with Crippen LogP contribution in [0.4, 0.5) is 13.2 Å². The number of piperazine rings is 1. The summed E-state index contributed by atoms with van der Waals surface area (Å²) in [6.07, 6.45) is -4.72. The molecule has 1 saturated heterocycles. The number of hydrogen-bond donors (Lipinski definition) is 0. The van der Waals surface area contributed by atoms with Gasteiger partial charge in [0, 0.05) is 31.7 Å². The van der Waals surface area contributed by atoms with Gasteiger partial charge in [-0.3, -0.25) is 14.6 Å². The Labute approximate surface area is 121 Å². The number of hydrogen-bond acceptors (Lipinski definition) is 4. The Hall–Kier alpha value is -1.60. The quantitative estimate of drug-likeness (QED) is 0.779. The highest BCUT2D eigenvalue weighted by atomic mass is 19.4. The normalized spacial score (nSPS) is 19.2. The highest BCUT2D eigenvalue weighted by Gasteiger charge is 2.33. The second kappa shape index (κ2) is 6.91. The molecular weight excluding hydrogens is 285 g/mol. The van der Waals surface area contributed by atoms with E-state index in [9.17, 15) is 18.0 Å². The largest absolute Gasteiger partial charge is 0.444 e. The van der Waals surface area contributed by atoms with Gasteiger partial charge in [0.1, 0.15) is 0 Å². The van der Waals surface area contributed by atoms with Crippen LogP contribution in [-0.4, -0.2) is 55.2 Å². The van der Waals surface area contributed by atoms with E-state index in [1.54, 1.807) is 0 Å². The van der Waals surface area contributed by atoms with Crippen LogP contribution in [0.15, 0.2) is 30.3 Å². The maximum Gasteiger partial charge on any atom is 0.401 e. The third-order valence-electron chi connectivity index (χ3n) is 3.41. The Bertz CT molecular complexity index is 445. The van der Waals surface area contributed by atoms with Crippen molar-refractivity contribution < 1.29 is 22.7 Å². The van der Waals surface area contributed by atoms with Crippen LogP contribution in [0.25, 0.3) is 0 Å². The predicted molar refractivity (Wildman–Crippen MR) is 70.4 cm³/mol. The zero-order valence-electron chi connectivity index (χ0n) is 11.4. The lowest BCUT2D eigenvalue weighted by Gasteiger charge is -2.38. The molecule has 0 aliphatic carbocycles. The van der Waals surface area contributed by atoms with Crippen LogP contribution in [0.2, 0.25) is 0 Å². The molecule has 1 aromatic carbocycles. The van der Waals surface area contributed by atoms with Crippen molar-refractivity contribution in [2.24, 2.45) is 0 Å². The fourth-order valence-electron chi connectivity index (χ4n) is 2.46. The second-order valence-electron chi connectivity index (χ2n) is 4.92. The van der Waals surface area contributed by atoms with Gasteiger partial charge in [0.25, 0.3) is 6.47 Å². The van der Waals surface area contributed by atoms with Crippen LogP contribution in [-0.2, 0) is 9.53 Å². The number of alkyl halides is 3. The van der Waals surface area contributed by atoms with Crippen molar-refractivity contribution in [2.75, 3.05) is 32.7 Å². The minimum atomic E-state index is -4.18. The van der Waals surface area contributed by atoms with Crippen molar-refractivity contribution in [1.82, 2.24) is 9.80 Å². The SMILES string of the molecule is O=COC(c1ccccc1)N1CCN(CC(F)(F)F)CC1. The molecule has 0 aromatic heterocycles. The van der Waals surface area contributed by atoms with Gasteiger partial charge in [-0.1, -0.05) is 30.3 Å². The number of benzene rings is 1. The molecule has 1 heterocycles. The maximum atomic E-state index is 12.4. The Morgan fingerprint density at radius 2 is 1.76 bits per heavy atom. The van der Waals surface area contributed by atoms with Crippen LogP contribution in [0.1, 0.15) is 11.8 Å². The summed E-state index contributed by atoms with van der Waals surface area (Å²) in [5.74, 6) is 0. The van der Waals surface area contributed by atoms with E-state index in [2.05, 4.69) is 0 Å². The second-order valence-corrected chi connectivity index (χ2v) is 4.92. The third-order valence-corrected chi connectivity index (χ3v) is 3.41. The van der Waals surface area contributed by atoms with Gasteiger partial charge in [-0.05, 0) is 0 Å². The van der Waals surface area contributed by atoms with E-state index < -0.39 is 18.9 Å². The molecule has 7 heteroatoms. The summed E-state index contributed by atoms with van der Waals surface area (Å²) >= 11 is 0. The molecule has 1 aromatic rings. The van der Waals surface area contributed by atoms with E-state index in [1.807, 2.05) is 35.2 Å². The summed E-state index contributed by atoms with van der Waals surface area (Å²) < 4.78 is 42.2. The van der Waals surface area contributed by atoms with Crippen LogP contribution >= 0.6 is 0 Å². The van der Waals surface area contributed by atoms with E-state index in [0.29, 0.717) is 32.7 Å². The van der Waals surface area contributed by atoms with E-state index in [-0.39, 0.29) is 0 Å². The third kappa shape index (κ3) is 4.71. The van der Waals surface area contributed by atoms with E-state index in [1.165, 1.54) is 4.90 Å². The molecule has 0 bridgehead atoms. The molecular formula is C14H17F3N2O2. The molecule has 0 amide bonds. The van der Waals surface area contributed by atoms with Gasteiger partial charge >= 0.3 is 6.18 Å². The van der Waals surface area contributed by atoms with Crippen LogP contribution in [0.5, 0.6) is 0 Å². The van der Waals surface area contributed by atoms with E-state index in [0.717, 1.165) is 5.56 Å². The van der Waals surface area contributed by atoms with Gasteiger partial charge in [-0.2, -0.15) is 13.2 Å². The standard InChI is InChI=1S/C14H17F3N2O2/c15-14(16,17)10-18-6-8-19(9-7-18)13(21-11-20)12-4-2-1-3-5-12/h1-5,11,13H,6-10H2. The van der Waals surface area contributed by atoms with E-state index in [4.69, 9.17) is 4.74 Å². The Balaban J connectivity index is 1.97. The highest BCUT2D eigenvalue weighted by molar-refractivity contribution is 5.38. The molecule has 116 valence electrons. The van der Waals surface area contributed by atoms with Gasteiger partial charge < -0.3 is 4.74 Å². The average Bonchev–Trinajstić information content (AvgIpc) is 2.45. The highest BCUT2D eigenvalue weighted by Crippen LogP contribution is 2.24. The molecule has 0 saturated carbocycles. The van der Waals surface area contributed by atoms with Crippen molar-refractivity contribution in [1.29, 1.82) is 0 Å². The van der Waals surface area contributed by atoms with Gasteiger partial charge in [0.15, 0.2) is 6.23 Å². The monoisotopic (exact) mass is 302 g/mol. The number of carbonyl (C=O) groups is 1. The van der Waals surface area contributed by atoms with Gasteiger partial charge in [-0.15, -0.1) is 0 Å². The van der Waals surface area contributed by atoms with Crippen molar-refractivity contribution in [3.63, 3.8) is 0 Å². The summed E-state index contributed by atoms with van der Waals surface area (Å²) in [5.41, 5.74) is 0.814. The lowest BCUT2D eigenvalue weighted by molar-refractivity contribution is -0.158. The molecule has 1 atom stereocenters. The first-order chi connectivity index (χ1) is 9.99. The molecule has 0 radical (unpaired) electrons. The average molecular weight is 302 g/mol. The summed E-state index contributed by atoms with van der Waals surface area (Å²) in [5, 5.41) is 0. The van der Waals surface area contributed by atoms with Gasteiger partial charge in [0.05, 0.1) is 6.54 Å². The Morgan fingerprint density at radius 1 is 1.14 bits per heavy atom. The van der Waals surface area contributed by atoms with Crippen LogP contribution in [0.3, 0.4) is 0 Å². The zero-order valence-corrected chi connectivity index (χ0v) is 11.4. The van der Waals surface area contributed by atoms with Gasteiger partial charge in [-0.25, -0.2) is 0 Å².